The molecule has 28 heavy (non-hydrogen) atoms. The van der Waals surface area contributed by atoms with Gasteiger partial charge in [-0.3, -0.25) is 9.59 Å². The van der Waals surface area contributed by atoms with Crippen LogP contribution in [-0.2, 0) is 28.5 Å². The number of carbonyl (C=O) groups is 2. The molecule has 0 aromatic rings. The highest BCUT2D eigenvalue weighted by Crippen LogP contribution is 2.01. The van der Waals surface area contributed by atoms with E-state index in [1.54, 1.807) is 0 Å². The predicted molar refractivity (Wildman–Crippen MR) is 107 cm³/mol. The molecule has 0 radical (unpaired) electrons. The molecule has 0 heterocycles. The lowest BCUT2D eigenvalue weighted by Gasteiger charge is -2.08. The number of aliphatic carboxylic acids is 1. The molecule has 0 aliphatic carbocycles. The van der Waals surface area contributed by atoms with E-state index in [4.69, 9.17) is 35.7 Å². The Bertz CT molecular complexity index is 372. The standard InChI is InChI=1S/C19H36ClNO7/c20-8-3-1-2-4-10-25-12-14-27-16-17-28-15-13-26-11-5-9-21-18(22)6-7-19(23)24/h1-17H2,(H,21,22)(H,23,24). The van der Waals surface area contributed by atoms with Gasteiger partial charge in [0.25, 0.3) is 0 Å². The fourth-order valence-electron chi connectivity index (χ4n) is 2.12. The Morgan fingerprint density at radius 1 is 0.679 bits per heavy atom. The van der Waals surface area contributed by atoms with E-state index in [1.807, 2.05) is 0 Å². The quantitative estimate of drug-likeness (QED) is 0.202. The van der Waals surface area contributed by atoms with Crippen molar-refractivity contribution in [2.75, 3.05) is 65.3 Å². The molecule has 0 aliphatic heterocycles. The number of hydrogen-bond donors (Lipinski definition) is 2. The summed E-state index contributed by atoms with van der Waals surface area (Å²) in [6.07, 6.45) is 5.00. The minimum Gasteiger partial charge on any atom is -0.481 e. The van der Waals surface area contributed by atoms with E-state index in [9.17, 15) is 9.59 Å². The minimum atomic E-state index is -0.971. The van der Waals surface area contributed by atoms with Crippen molar-refractivity contribution in [3.63, 3.8) is 0 Å². The van der Waals surface area contributed by atoms with Gasteiger partial charge in [-0.15, -0.1) is 11.6 Å². The van der Waals surface area contributed by atoms with E-state index in [2.05, 4.69) is 5.32 Å². The van der Waals surface area contributed by atoms with Gasteiger partial charge in [-0.2, -0.15) is 0 Å². The van der Waals surface area contributed by atoms with Crippen molar-refractivity contribution in [1.82, 2.24) is 5.32 Å². The van der Waals surface area contributed by atoms with Crippen LogP contribution in [0.25, 0.3) is 0 Å². The summed E-state index contributed by atoms with van der Waals surface area (Å²) in [5.41, 5.74) is 0. The number of alkyl halides is 1. The average molecular weight is 426 g/mol. The Balaban J connectivity index is 3.08. The molecule has 0 aliphatic rings. The third-order valence-corrected chi connectivity index (χ3v) is 3.91. The smallest absolute Gasteiger partial charge is 0.303 e. The van der Waals surface area contributed by atoms with Gasteiger partial charge in [-0.25, -0.2) is 0 Å². The normalized spacial score (nSPS) is 10.9. The number of nitrogens with one attached hydrogen (secondary N) is 1. The molecular formula is C19H36ClNO7. The summed E-state index contributed by atoms with van der Waals surface area (Å²) in [4.78, 5) is 21.6. The van der Waals surface area contributed by atoms with Gasteiger partial charge in [-0.05, 0) is 19.3 Å². The lowest BCUT2D eigenvalue weighted by molar-refractivity contribution is -0.138. The maximum atomic E-state index is 11.3. The highest BCUT2D eigenvalue weighted by Gasteiger charge is 2.04. The molecule has 9 heteroatoms. The summed E-state index contributed by atoms with van der Waals surface area (Å²) in [6, 6.07) is 0. The highest BCUT2D eigenvalue weighted by atomic mass is 35.5. The Hall–Kier alpha value is -0.930. The first-order chi connectivity index (χ1) is 13.7. The molecule has 0 bridgehead atoms. The van der Waals surface area contributed by atoms with Gasteiger partial charge < -0.3 is 29.4 Å². The molecule has 2 N–H and O–H groups in total. The van der Waals surface area contributed by atoms with Gasteiger partial charge in [0.05, 0.1) is 46.1 Å². The maximum Gasteiger partial charge on any atom is 0.303 e. The van der Waals surface area contributed by atoms with Gasteiger partial charge in [0.1, 0.15) is 0 Å². The van der Waals surface area contributed by atoms with Crippen molar-refractivity contribution in [1.29, 1.82) is 0 Å². The molecule has 166 valence electrons. The monoisotopic (exact) mass is 425 g/mol. The van der Waals surface area contributed by atoms with Crippen molar-refractivity contribution in [2.45, 2.75) is 44.9 Å². The van der Waals surface area contributed by atoms with E-state index in [0.29, 0.717) is 59.2 Å². The number of carboxylic acids is 1. The predicted octanol–water partition coefficient (Wildman–Crippen LogP) is 2.22. The Morgan fingerprint density at radius 3 is 1.71 bits per heavy atom. The van der Waals surface area contributed by atoms with Crippen molar-refractivity contribution in [2.24, 2.45) is 0 Å². The van der Waals surface area contributed by atoms with Crippen LogP contribution < -0.4 is 5.32 Å². The van der Waals surface area contributed by atoms with Crippen LogP contribution in [-0.4, -0.2) is 82.3 Å². The lowest BCUT2D eigenvalue weighted by Crippen LogP contribution is -2.25. The van der Waals surface area contributed by atoms with Crippen LogP contribution in [0.3, 0.4) is 0 Å². The minimum absolute atomic E-state index is 0.00719. The van der Waals surface area contributed by atoms with Crippen molar-refractivity contribution in [3.8, 4) is 0 Å². The van der Waals surface area contributed by atoms with Gasteiger partial charge >= 0.3 is 5.97 Å². The van der Waals surface area contributed by atoms with Crippen LogP contribution in [0.5, 0.6) is 0 Å². The topological polar surface area (TPSA) is 103 Å². The summed E-state index contributed by atoms with van der Waals surface area (Å²) < 4.78 is 21.7. The molecule has 0 saturated carbocycles. The Kier molecular flexibility index (Phi) is 21.6. The molecule has 0 spiro atoms. The van der Waals surface area contributed by atoms with Crippen molar-refractivity contribution >= 4 is 23.5 Å². The third-order valence-electron chi connectivity index (χ3n) is 3.64. The van der Waals surface area contributed by atoms with Gasteiger partial charge in [0.2, 0.25) is 5.91 Å². The van der Waals surface area contributed by atoms with Crippen molar-refractivity contribution in [3.05, 3.63) is 0 Å². The summed E-state index contributed by atoms with van der Waals surface area (Å²) in [7, 11) is 0. The maximum absolute atomic E-state index is 11.3. The molecular weight excluding hydrogens is 390 g/mol. The number of ether oxygens (including phenoxy) is 4. The molecule has 0 aromatic carbocycles. The summed E-state index contributed by atoms with van der Waals surface area (Å²) in [5.74, 6) is -0.486. The van der Waals surface area contributed by atoms with E-state index >= 15 is 0 Å². The summed E-state index contributed by atoms with van der Waals surface area (Å²) >= 11 is 5.61. The first-order valence-electron chi connectivity index (χ1n) is 10.0. The second-order valence-electron chi connectivity index (χ2n) is 6.15. The first-order valence-corrected chi connectivity index (χ1v) is 10.6. The van der Waals surface area contributed by atoms with Crippen LogP contribution in [0.1, 0.15) is 44.9 Å². The number of unbranched alkanes of at least 4 members (excludes halogenated alkanes) is 3. The molecule has 0 saturated heterocycles. The number of hydrogen-bond acceptors (Lipinski definition) is 6. The van der Waals surface area contributed by atoms with E-state index in [1.165, 1.54) is 0 Å². The van der Waals surface area contributed by atoms with Crippen molar-refractivity contribution < 1.29 is 33.6 Å². The number of carboxylic acid groups (broad SMARTS) is 1. The zero-order valence-electron chi connectivity index (χ0n) is 16.8. The lowest BCUT2D eigenvalue weighted by atomic mass is 10.2. The molecule has 0 aromatic heterocycles. The molecule has 0 atom stereocenters. The van der Waals surface area contributed by atoms with E-state index < -0.39 is 5.97 Å². The largest absolute Gasteiger partial charge is 0.481 e. The zero-order chi connectivity index (χ0) is 20.7. The van der Waals surface area contributed by atoms with Crippen LogP contribution in [0.15, 0.2) is 0 Å². The summed E-state index contributed by atoms with van der Waals surface area (Å²) in [5, 5.41) is 11.1. The zero-order valence-corrected chi connectivity index (χ0v) is 17.6. The Morgan fingerprint density at radius 2 is 1.18 bits per heavy atom. The van der Waals surface area contributed by atoms with Crippen LogP contribution >= 0.6 is 11.6 Å². The van der Waals surface area contributed by atoms with Gasteiger partial charge in [0, 0.05) is 32.1 Å². The second kappa shape index (κ2) is 22.4. The average Bonchev–Trinajstić information content (AvgIpc) is 2.68. The second-order valence-corrected chi connectivity index (χ2v) is 6.53. The molecule has 0 unspecified atom stereocenters. The van der Waals surface area contributed by atoms with E-state index in [0.717, 1.165) is 38.2 Å². The third kappa shape index (κ3) is 23.1. The van der Waals surface area contributed by atoms with Crippen LogP contribution in [0.4, 0.5) is 0 Å². The number of amides is 1. The number of carbonyl (C=O) groups excluding carboxylic acids is 1. The molecule has 8 nitrogen and oxygen atoms in total. The Labute approximate surface area is 173 Å². The van der Waals surface area contributed by atoms with Gasteiger partial charge in [0.15, 0.2) is 0 Å². The fraction of sp³-hybridized carbons (Fsp3) is 0.895. The molecule has 0 rings (SSSR count). The van der Waals surface area contributed by atoms with Gasteiger partial charge in [-0.1, -0.05) is 12.8 Å². The van der Waals surface area contributed by atoms with Crippen LogP contribution in [0.2, 0.25) is 0 Å². The number of rotatable bonds is 22. The fourth-order valence-corrected chi connectivity index (χ4v) is 2.31. The SMILES string of the molecule is O=C(O)CCC(=O)NCCCOCCOCCOCCOCCCCCCCl. The highest BCUT2D eigenvalue weighted by molar-refractivity contribution is 6.17. The first kappa shape index (κ1) is 27.1. The van der Waals surface area contributed by atoms with E-state index in [-0.39, 0.29) is 18.7 Å². The molecule has 0 fully saturated rings. The van der Waals surface area contributed by atoms with Crippen LogP contribution in [0, 0.1) is 0 Å². The summed E-state index contributed by atoms with van der Waals surface area (Å²) in [6.45, 7) is 4.96. The number of halogens is 1. The molecule has 1 amide bonds.